The van der Waals surface area contributed by atoms with Crippen LogP contribution in [-0.4, -0.2) is 0 Å². The van der Waals surface area contributed by atoms with Gasteiger partial charge in [0.15, 0.2) is 0 Å². The van der Waals surface area contributed by atoms with Crippen molar-refractivity contribution in [2.24, 2.45) is 29.6 Å². The average molecular weight is 252 g/mol. The standard InChI is InChI=1S/C18H36/c1-6-8-10-14(3)17-12-16(5)18(13-17)15(4)11-9-7-2/h14-18H,6-13H2,1-5H3/t14-,15-,16?,17?,18?/m0/s1. The second-order valence-corrected chi connectivity index (χ2v) is 7.11. The van der Waals surface area contributed by atoms with E-state index in [4.69, 9.17) is 0 Å². The van der Waals surface area contributed by atoms with Crippen LogP contribution in [0.4, 0.5) is 0 Å². The Balaban J connectivity index is 2.40. The summed E-state index contributed by atoms with van der Waals surface area (Å²) in [4.78, 5) is 0. The van der Waals surface area contributed by atoms with Crippen molar-refractivity contribution in [3.63, 3.8) is 0 Å². The van der Waals surface area contributed by atoms with Gasteiger partial charge in [0.25, 0.3) is 0 Å². The first-order valence-electron chi connectivity index (χ1n) is 8.60. The first-order chi connectivity index (χ1) is 8.60. The van der Waals surface area contributed by atoms with Crippen LogP contribution < -0.4 is 0 Å². The Morgan fingerprint density at radius 2 is 1.44 bits per heavy atom. The van der Waals surface area contributed by atoms with E-state index < -0.39 is 0 Å². The molecule has 0 heteroatoms. The second-order valence-electron chi connectivity index (χ2n) is 7.11. The fourth-order valence-corrected chi connectivity index (χ4v) is 4.09. The van der Waals surface area contributed by atoms with E-state index in [9.17, 15) is 0 Å². The maximum Gasteiger partial charge on any atom is -0.0360 e. The summed E-state index contributed by atoms with van der Waals surface area (Å²) in [7, 11) is 0. The Morgan fingerprint density at radius 3 is 2.00 bits per heavy atom. The van der Waals surface area contributed by atoms with Crippen LogP contribution in [0, 0.1) is 29.6 Å². The zero-order chi connectivity index (χ0) is 13.5. The SMILES string of the molecule is CCCC[C@H](C)C1CC(C)C([C@@H](C)CCCC)C1. The molecule has 5 atom stereocenters. The van der Waals surface area contributed by atoms with Crippen molar-refractivity contribution in [3.05, 3.63) is 0 Å². The fraction of sp³-hybridized carbons (Fsp3) is 1.00. The zero-order valence-corrected chi connectivity index (χ0v) is 13.5. The van der Waals surface area contributed by atoms with Crippen LogP contribution in [-0.2, 0) is 0 Å². The van der Waals surface area contributed by atoms with E-state index in [0.29, 0.717) is 0 Å². The smallest absolute Gasteiger partial charge is 0.0360 e. The molecule has 1 aliphatic carbocycles. The zero-order valence-electron chi connectivity index (χ0n) is 13.5. The Kier molecular flexibility index (Phi) is 7.34. The molecule has 0 aromatic carbocycles. The van der Waals surface area contributed by atoms with Crippen LogP contribution in [0.25, 0.3) is 0 Å². The van der Waals surface area contributed by atoms with Gasteiger partial charge in [-0.05, 0) is 42.4 Å². The molecule has 0 N–H and O–H groups in total. The molecular formula is C18H36. The van der Waals surface area contributed by atoms with Crippen molar-refractivity contribution in [1.82, 2.24) is 0 Å². The van der Waals surface area contributed by atoms with Gasteiger partial charge in [-0.2, -0.15) is 0 Å². The molecule has 0 saturated heterocycles. The largest absolute Gasteiger partial charge is 0.0654 e. The van der Waals surface area contributed by atoms with Crippen molar-refractivity contribution in [2.75, 3.05) is 0 Å². The summed E-state index contributed by atoms with van der Waals surface area (Å²) in [6.45, 7) is 12.2. The second kappa shape index (κ2) is 8.23. The molecular weight excluding hydrogens is 216 g/mol. The van der Waals surface area contributed by atoms with E-state index in [-0.39, 0.29) is 0 Å². The molecule has 108 valence electrons. The highest BCUT2D eigenvalue weighted by molar-refractivity contribution is 4.86. The van der Waals surface area contributed by atoms with Gasteiger partial charge in [-0.3, -0.25) is 0 Å². The molecule has 1 saturated carbocycles. The first-order valence-corrected chi connectivity index (χ1v) is 8.60. The third kappa shape index (κ3) is 4.59. The number of hydrogen-bond acceptors (Lipinski definition) is 0. The summed E-state index contributed by atoms with van der Waals surface area (Å²) >= 11 is 0. The van der Waals surface area contributed by atoms with Crippen LogP contribution in [0.5, 0.6) is 0 Å². The molecule has 0 aromatic heterocycles. The van der Waals surface area contributed by atoms with Crippen molar-refractivity contribution in [3.8, 4) is 0 Å². The summed E-state index contributed by atoms with van der Waals surface area (Å²) < 4.78 is 0. The summed E-state index contributed by atoms with van der Waals surface area (Å²) in [5.74, 6) is 4.95. The molecule has 0 aliphatic heterocycles. The van der Waals surface area contributed by atoms with Crippen LogP contribution in [0.1, 0.15) is 86.0 Å². The first kappa shape index (κ1) is 16.1. The van der Waals surface area contributed by atoms with Crippen molar-refractivity contribution in [2.45, 2.75) is 86.0 Å². The number of hydrogen-bond donors (Lipinski definition) is 0. The average Bonchev–Trinajstić information content (AvgIpc) is 2.75. The minimum atomic E-state index is 0.961. The summed E-state index contributed by atoms with van der Waals surface area (Å²) in [5, 5.41) is 0. The maximum absolute atomic E-state index is 2.51. The van der Waals surface area contributed by atoms with Crippen molar-refractivity contribution >= 4 is 0 Å². The Hall–Kier alpha value is 0. The lowest BCUT2D eigenvalue weighted by Gasteiger charge is -2.23. The highest BCUT2D eigenvalue weighted by Crippen LogP contribution is 2.45. The van der Waals surface area contributed by atoms with E-state index in [2.05, 4.69) is 34.6 Å². The molecule has 1 fully saturated rings. The molecule has 3 unspecified atom stereocenters. The molecule has 1 rings (SSSR count). The monoisotopic (exact) mass is 252 g/mol. The highest BCUT2D eigenvalue weighted by atomic mass is 14.4. The predicted octanol–water partition coefficient (Wildman–Crippen LogP) is 6.30. The summed E-state index contributed by atoms with van der Waals surface area (Å²) in [6, 6.07) is 0. The van der Waals surface area contributed by atoms with Gasteiger partial charge in [-0.25, -0.2) is 0 Å². The normalized spacial score (nSPS) is 31.5. The van der Waals surface area contributed by atoms with Gasteiger partial charge in [-0.15, -0.1) is 0 Å². The summed E-state index contributed by atoms with van der Waals surface area (Å²) in [6.07, 6.45) is 11.5. The van der Waals surface area contributed by atoms with Crippen LogP contribution in [0.3, 0.4) is 0 Å². The van der Waals surface area contributed by atoms with E-state index >= 15 is 0 Å². The molecule has 0 heterocycles. The molecule has 18 heavy (non-hydrogen) atoms. The van der Waals surface area contributed by atoms with E-state index in [1.165, 1.54) is 51.4 Å². The molecule has 1 aliphatic rings. The van der Waals surface area contributed by atoms with Gasteiger partial charge in [0.05, 0.1) is 0 Å². The van der Waals surface area contributed by atoms with Gasteiger partial charge in [0.1, 0.15) is 0 Å². The predicted molar refractivity (Wildman–Crippen MR) is 82.8 cm³/mol. The Morgan fingerprint density at radius 1 is 0.889 bits per heavy atom. The third-order valence-corrected chi connectivity index (χ3v) is 5.54. The van der Waals surface area contributed by atoms with Crippen molar-refractivity contribution < 1.29 is 0 Å². The summed E-state index contributed by atoms with van der Waals surface area (Å²) in [5.41, 5.74) is 0. The third-order valence-electron chi connectivity index (χ3n) is 5.54. The number of unbranched alkanes of at least 4 members (excludes halogenated alkanes) is 2. The maximum atomic E-state index is 2.51. The van der Waals surface area contributed by atoms with Gasteiger partial charge >= 0.3 is 0 Å². The van der Waals surface area contributed by atoms with Crippen LogP contribution in [0.2, 0.25) is 0 Å². The van der Waals surface area contributed by atoms with Gasteiger partial charge in [-0.1, -0.05) is 73.1 Å². The molecule has 0 radical (unpaired) electrons. The lowest BCUT2D eigenvalue weighted by Crippen LogP contribution is -2.14. The fourth-order valence-electron chi connectivity index (χ4n) is 4.09. The Bertz CT molecular complexity index is 208. The molecule has 0 bridgehead atoms. The van der Waals surface area contributed by atoms with Crippen LogP contribution >= 0.6 is 0 Å². The van der Waals surface area contributed by atoms with Crippen LogP contribution in [0.15, 0.2) is 0 Å². The quantitative estimate of drug-likeness (QED) is 0.475. The van der Waals surface area contributed by atoms with E-state index in [1.807, 2.05) is 0 Å². The topological polar surface area (TPSA) is 0 Å². The van der Waals surface area contributed by atoms with Gasteiger partial charge in [0.2, 0.25) is 0 Å². The lowest BCUT2D eigenvalue weighted by atomic mass is 9.82. The highest BCUT2D eigenvalue weighted by Gasteiger charge is 2.36. The molecule has 0 aromatic rings. The van der Waals surface area contributed by atoms with E-state index in [0.717, 1.165) is 29.6 Å². The number of rotatable bonds is 8. The molecule has 0 amide bonds. The van der Waals surface area contributed by atoms with Crippen molar-refractivity contribution in [1.29, 1.82) is 0 Å². The van der Waals surface area contributed by atoms with E-state index in [1.54, 1.807) is 0 Å². The minimum Gasteiger partial charge on any atom is -0.0654 e. The Labute approximate surface area is 116 Å². The minimum absolute atomic E-state index is 0.961. The van der Waals surface area contributed by atoms with Gasteiger partial charge < -0.3 is 0 Å². The molecule has 0 nitrogen and oxygen atoms in total. The molecule has 0 spiro atoms. The lowest BCUT2D eigenvalue weighted by molar-refractivity contribution is 0.265. The van der Waals surface area contributed by atoms with Gasteiger partial charge in [0, 0.05) is 0 Å².